The minimum Gasteiger partial charge on any atom is -0.492 e. The number of nitrogens with zero attached hydrogens (tertiary/aromatic N) is 2. The molecule has 1 aliphatic heterocycles. The quantitative estimate of drug-likeness (QED) is 0.265. The van der Waals surface area contributed by atoms with Gasteiger partial charge >= 0.3 is 6.18 Å². The maximum atomic E-state index is 12.5. The highest BCUT2D eigenvalue weighted by Crippen LogP contribution is 2.30. The molecule has 1 heterocycles. The number of hydrogen-bond acceptors (Lipinski definition) is 3. The zero-order chi connectivity index (χ0) is 19.9. The summed E-state index contributed by atoms with van der Waals surface area (Å²) in [6.45, 7) is 2.28. The number of aliphatic imine (C=N–C) groups is 1. The molecule has 1 aliphatic rings. The molecule has 3 N–H and O–H groups in total. The predicted molar refractivity (Wildman–Crippen MR) is 112 cm³/mol. The van der Waals surface area contributed by atoms with E-state index in [2.05, 4.69) is 15.2 Å². The Labute approximate surface area is 179 Å². The van der Waals surface area contributed by atoms with Crippen LogP contribution < -0.4 is 15.8 Å². The van der Waals surface area contributed by atoms with Crippen molar-refractivity contribution in [2.45, 2.75) is 25.4 Å². The number of likely N-dealkylation sites (tertiary alicyclic amines) is 1. The van der Waals surface area contributed by atoms with Crippen molar-refractivity contribution in [2.75, 3.05) is 33.3 Å². The minimum absolute atomic E-state index is 0. The van der Waals surface area contributed by atoms with E-state index < -0.39 is 11.7 Å². The first-order valence-corrected chi connectivity index (χ1v) is 8.83. The summed E-state index contributed by atoms with van der Waals surface area (Å²) >= 11 is 0. The van der Waals surface area contributed by atoms with Crippen LogP contribution in [-0.2, 0) is 11.0 Å². The summed E-state index contributed by atoms with van der Waals surface area (Å²) < 4.78 is 43.1. The van der Waals surface area contributed by atoms with Gasteiger partial charge in [-0.15, -0.1) is 24.0 Å². The molecular formula is C18H26F3IN4O2. The smallest absolute Gasteiger partial charge is 0.416 e. The first kappa shape index (κ1) is 24.3. The molecule has 1 fully saturated rings. The van der Waals surface area contributed by atoms with Crippen LogP contribution >= 0.6 is 24.0 Å². The first-order chi connectivity index (χ1) is 12.8. The number of ether oxygens (including phenoxy) is 1. The molecule has 6 nitrogen and oxygen atoms in total. The van der Waals surface area contributed by atoms with Crippen molar-refractivity contribution >= 4 is 35.8 Å². The predicted octanol–water partition coefficient (Wildman–Crippen LogP) is 2.87. The number of carbonyl (C=O) groups is 1. The van der Waals surface area contributed by atoms with E-state index in [0.29, 0.717) is 31.2 Å². The number of carbonyl (C=O) groups excluding carboxylic acids is 1. The Morgan fingerprint density at radius 2 is 2.04 bits per heavy atom. The molecule has 1 aromatic carbocycles. The van der Waals surface area contributed by atoms with Gasteiger partial charge in [0.05, 0.1) is 12.1 Å². The van der Waals surface area contributed by atoms with E-state index in [9.17, 15) is 18.0 Å². The number of hydrogen-bond donors (Lipinski definition) is 2. The molecule has 0 bridgehead atoms. The number of benzene rings is 1. The maximum absolute atomic E-state index is 12.5. The Bertz CT molecular complexity index is 653. The van der Waals surface area contributed by atoms with Crippen molar-refractivity contribution in [2.24, 2.45) is 16.6 Å². The van der Waals surface area contributed by atoms with Crippen LogP contribution in [0.5, 0.6) is 5.75 Å². The molecule has 28 heavy (non-hydrogen) atoms. The molecule has 0 aliphatic carbocycles. The largest absolute Gasteiger partial charge is 0.492 e. The molecular weight excluding hydrogens is 488 g/mol. The van der Waals surface area contributed by atoms with Gasteiger partial charge in [0.2, 0.25) is 5.91 Å². The fraction of sp³-hybridized carbons (Fsp3) is 0.556. The van der Waals surface area contributed by atoms with Crippen LogP contribution in [-0.4, -0.2) is 50.1 Å². The van der Waals surface area contributed by atoms with Crippen molar-refractivity contribution in [3.05, 3.63) is 29.8 Å². The lowest BCUT2D eigenvalue weighted by Gasteiger charge is -2.34. The lowest BCUT2D eigenvalue weighted by Crippen LogP contribution is -2.48. The number of rotatable bonds is 6. The number of amides is 1. The van der Waals surface area contributed by atoms with Gasteiger partial charge in [-0.2, -0.15) is 13.2 Å². The van der Waals surface area contributed by atoms with E-state index in [-0.39, 0.29) is 42.4 Å². The van der Waals surface area contributed by atoms with Gasteiger partial charge in [0.25, 0.3) is 0 Å². The van der Waals surface area contributed by atoms with Crippen LogP contribution in [0, 0.1) is 5.92 Å². The summed E-state index contributed by atoms with van der Waals surface area (Å²) in [6, 6.07) is 4.59. The van der Waals surface area contributed by atoms with Gasteiger partial charge in [-0.25, -0.2) is 0 Å². The van der Waals surface area contributed by atoms with Gasteiger partial charge in [0.15, 0.2) is 5.96 Å². The van der Waals surface area contributed by atoms with Gasteiger partial charge in [-0.1, -0.05) is 0 Å². The van der Waals surface area contributed by atoms with Crippen molar-refractivity contribution in [3.63, 3.8) is 0 Å². The van der Waals surface area contributed by atoms with E-state index >= 15 is 0 Å². The molecule has 0 radical (unpaired) electrons. The van der Waals surface area contributed by atoms with Crippen LogP contribution in [0.15, 0.2) is 29.3 Å². The number of nitrogens with one attached hydrogen (secondary N) is 1. The summed E-state index contributed by atoms with van der Waals surface area (Å²) in [5, 5.41) is 3.17. The number of piperidine rings is 1. The highest BCUT2D eigenvalue weighted by molar-refractivity contribution is 14.0. The molecule has 158 valence electrons. The third-order valence-corrected chi connectivity index (χ3v) is 4.36. The minimum atomic E-state index is -4.35. The Morgan fingerprint density at radius 1 is 1.36 bits per heavy atom. The average molecular weight is 514 g/mol. The normalized spacial score (nSPS) is 17.6. The zero-order valence-corrected chi connectivity index (χ0v) is 18.0. The molecule has 1 unspecified atom stereocenters. The molecule has 1 amide bonds. The van der Waals surface area contributed by atoms with Crippen molar-refractivity contribution in [1.82, 2.24) is 10.2 Å². The van der Waals surface area contributed by atoms with E-state index in [1.807, 2.05) is 0 Å². The molecule has 0 saturated carbocycles. The molecule has 0 spiro atoms. The van der Waals surface area contributed by atoms with Gasteiger partial charge in [-0.3, -0.25) is 9.79 Å². The number of primary amides is 1. The summed E-state index contributed by atoms with van der Waals surface area (Å²) in [4.78, 5) is 17.4. The molecule has 2 rings (SSSR count). The second-order valence-electron chi connectivity index (χ2n) is 6.47. The number of halogens is 4. The van der Waals surface area contributed by atoms with Gasteiger partial charge in [-0.05, 0) is 43.0 Å². The highest BCUT2D eigenvalue weighted by atomic mass is 127. The van der Waals surface area contributed by atoms with Crippen molar-refractivity contribution in [1.29, 1.82) is 0 Å². The van der Waals surface area contributed by atoms with Crippen LogP contribution in [0.1, 0.15) is 24.8 Å². The van der Waals surface area contributed by atoms with Crippen LogP contribution in [0.25, 0.3) is 0 Å². The van der Waals surface area contributed by atoms with Crippen molar-refractivity contribution in [3.8, 4) is 5.75 Å². The SMILES string of the molecule is CN=C(NCCOc1ccc(C(F)(F)F)cc1)N1CCCC(CC(N)=O)C1.I. The Kier molecular flexibility index (Phi) is 9.83. The van der Waals surface area contributed by atoms with Gasteiger partial charge in [0, 0.05) is 26.6 Å². The van der Waals surface area contributed by atoms with Crippen LogP contribution in [0.3, 0.4) is 0 Å². The summed E-state index contributed by atoms with van der Waals surface area (Å²) in [5.41, 5.74) is 4.58. The van der Waals surface area contributed by atoms with Gasteiger partial charge in [0.1, 0.15) is 12.4 Å². The number of guanidine groups is 1. The topological polar surface area (TPSA) is 80.0 Å². The second kappa shape index (κ2) is 11.3. The summed E-state index contributed by atoms with van der Waals surface area (Å²) in [6.07, 6.45) is -2.06. The van der Waals surface area contributed by atoms with E-state index in [1.54, 1.807) is 7.05 Å². The monoisotopic (exact) mass is 514 g/mol. The molecule has 0 aromatic heterocycles. The standard InChI is InChI=1S/C18H25F3N4O2.HI/c1-23-17(25-9-2-3-13(12-25)11-16(22)26)24-8-10-27-15-6-4-14(5-7-15)18(19,20)21;/h4-7,13H,2-3,8-12H2,1H3,(H2,22,26)(H,23,24);1H. The Hall–Kier alpha value is -1.72. The molecule has 10 heteroatoms. The number of alkyl halides is 3. The first-order valence-electron chi connectivity index (χ1n) is 8.83. The zero-order valence-electron chi connectivity index (χ0n) is 15.7. The summed E-state index contributed by atoms with van der Waals surface area (Å²) in [5.74, 6) is 1.01. The van der Waals surface area contributed by atoms with Crippen LogP contribution in [0.4, 0.5) is 13.2 Å². The summed E-state index contributed by atoms with van der Waals surface area (Å²) in [7, 11) is 1.68. The fourth-order valence-electron chi connectivity index (χ4n) is 3.11. The Morgan fingerprint density at radius 3 is 2.61 bits per heavy atom. The second-order valence-corrected chi connectivity index (χ2v) is 6.47. The lowest BCUT2D eigenvalue weighted by molar-refractivity contribution is -0.137. The molecule has 1 aromatic rings. The molecule has 1 atom stereocenters. The fourth-order valence-corrected chi connectivity index (χ4v) is 3.11. The lowest BCUT2D eigenvalue weighted by atomic mass is 9.95. The van der Waals surface area contributed by atoms with Crippen LogP contribution in [0.2, 0.25) is 0 Å². The third-order valence-electron chi connectivity index (χ3n) is 4.36. The molecule has 1 saturated heterocycles. The third kappa shape index (κ3) is 7.72. The maximum Gasteiger partial charge on any atom is 0.416 e. The highest BCUT2D eigenvalue weighted by Gasteiger charge is 2.30. The average Bonchev–Trinajstić information content (AvgIpc) is 2.61. The van der Waals surface area contributed by atoms with E-state index in [0.717, 1.165) is 31.5 Å². The van der Waals surface area contributed by atoms with E-state index in [4.69, 9.17) is 10.5 Å². The number of nitrogens with two attached hydrogens (primary N) is 1. The van der Waals surface area contributed by atoms with Crippen molar-refractivity contribution < 1.29 is 22.7 Å². The van der Waals surface area contributed by atoms with E-state index in [1.165, 1.54) is 12.1 Å². The Balaban J connectivity index is 0.00000392. The van der Waals surface area contributed by atoms with Gasteiger partial charge < -0.3 is 20.7 Å².